The minimum atomic E-state index is -4.10. The molecule has 0 aliphatic heterocycles. The zero-order valence-corrected chi connectivity index (χ0v) is 22.7. The Morgan fingerprint density at radius 2 is 1.61 bits per heavy atom. The third-order valence-corrected chi connectivity index (χ3v) is 6.94. The van der Waals surface area contributed by atoms with Gasteiger partial charge in [0.2, 0.25) is 21.9 Å². The maximum atomic E-state index is 12.7. The summed E-state index contributed by atoms with van der Waals surface area (Å²) in [6.07, 6.45) is 0. The molecule has 12 heteroatoms. The van der Waals surface area contributed by atoms with Gasteiger partial charge >= 0.3 is 0 Å². The third-order valence-electron chi connectivity index (χ3n) is 5.12. The molecule has 3 aromatic carbocycles. The van der Waals surface area contributed by atoms with Crippen LogP contribution < -0.4 is 19.5 Å². The van der Waals surface area contributed by atoms with Gasteiger partial charge in [0.25, 0.3) is 5.91 Å². The highest BCUT2D eigenvalue weighted by atomic mass is 79.9. The predicted octanol–water partition coefficient (Wildman–Crippen LogP) is 5.48. The molecular formula is C26H22BrN4O6S-. The van der Waals surface area contributed by atoms with E-state index in [1.54, 1.807) is 12.1 Å². The molecule has 0 bridgehead atoms. The second-order valence-corrected chi connectivity index (χ2v) is 10.3. The van der Waals surface area contributed by atoms with Crippen LogP contribution in [0.2, 0.25) is 0 Å². The molecule has 4 rings (SSSR count). The predicted molar refractivity (Wildman–Crippen MR) is 145 cm³/mol. The number of amides is 1. The SMILES string of the molecule is COc1cc([N-]S(=O)(=O)c2ccc(NC(=O)c3ccc(COc4ccc(Br)cc4)cc3)cc2)nc(OC)n1. The zero-order chi connectivity index (χ0) is 27.1. The van der Waals surface area contributed by atoms with Gasteiger partial charge in [-0.1, -0.05) is 28.1 Å². The quantitative estimate of drug-likeness (QED) is 0.254. The summed E-state index contributed by atoms with van der Waals surface area (Å²) in [5.74, 6) is 0.362. The van der Waals surface area contributed by atoms with Crippen molar-refractivity contribution in [2.75, 3.05) is 19.5 Å². The zero-order valence-electron chi connectivity index (χ0n) is 20.3. The molecule has 1 N–H and O–H groups in total. The van der Waals surface area contributed by atoms with Crippen molar-refractivity contribution in [3.05, 3.63) is 99.2 Å². The molecule has 0 fully saturated rings. The Labute approximate surface area is 228 Å². The highest BCUT2D eigenvalue weighted by Gasteiger charge is 2.12. The van der Waals surface area contributed by atoms with E-state index < -0.39 is 10.0 Å². The number of hydrogen-bond donors (Lipinski definition) is 1. The molecule has 10 nitrogen and oxygen atoms in total. The third kappa shape index (κ3) is 6.99. The van der Waals surface area contributed by atoms with Crippen molar-refractivity contribution in [1.82, 2.24) is 9.97 Å². The van der Waals surface area contributed by atoms with E-state index >= 15 is 0 Å². The molecule has 0 radical (unpaired) electrons. The van der Waals surface area contributed by atoms with Crippen LogP contribution in [0.5, 0.6) is 17.6 Å². The number of sulfonamides is 1. The first-order chi connectivity index (χ1) is 18.3. The molecule has 38 heavy (non-hydrogen) atoms. The van der Waals surface area contributed by atoms with Crippen molar-refractivity contribution >= 4 is 43.4 Å². The van der Waals surface area contributed by atoms with E-state index in [1.807, 2.05) is 36.4 Å². The van der Waals surface area contributed by atoms with Gasteiger partial charge in [0, 0.05) is 21.8 Å². The lowest BCUT2D eigenvalue weighted by Crippen LogP contribution is -2.12. The molecule has 1 amide bonds. The minimum absolute atomic E-state index is 0.0813. The summed E-state index contributed by atoms with van der Waals surface area (Å²) in [5.41, 5.74) is 1.76. The van der Waals surface area contributed by atoms with Gasteiger partial charge < -0.3 is 29.2 Å². The van der Waals surface area contributed by atoms with Crippen molar-refractivity contribution in [1.29, 1.82) is 0 Å². The van der Waals surface area contributed by atoms with E-state index in [-0.39, 0.29) is 28.5 Å². The first-order valence-electron chi connectivity index (χ1n) is 11.1. The van der Waals surface area contributed by atoms with E-state index in [0.717, 1.165) is 15.8 Å². The average molecular weight is 598 g/mol. The number of hydrogen-bond acceptors (Lipinski definition) is 8. The van der Waals surface area contributed by atoms with Gasteiger partial charge in [-0.3, -0.25) is 4.79 Å². The number of rotatable bonds is 10. The Balaban J connectivity index is 1.36. The Kier molecular flexibility index (Phi) is 8.44. The fourth-order valence-corrected chi connectivity index (χ4v) is 4.36. The average Bonchev–Trinajstić information content (AvgIpc) is 2.92. The number of nitrogens with zero attached hydrogens (tertiary/aromatic N) is 3. The smallest absolute Gasteiger partial charge is 0.255 e. The van der Waals surface area contributed by atoms with Crippen LogP contribution in [-0.4, -0.2) is 38.5 Å². The Morgan fingerprint density at radius 3 is 2.24 bits per heavy atom. The van der Waals surface area contributed by atoms with E-state index in [9.17, 15) is 13.2 Å². The number of halogens is 1. The second-order valence-electron chi connectivity index (χ2n) is 7.74. The van der Waals surface area contributed by atoms with Crippen LogP contribution in [0.3, 0.4) is 0 Å². The van der Waals surface area contributed by atoms with Crippen molar-refractivity contribution < 1.29 is 27.4 Å². The lowest BCUT2D eigenvalue weighted by atomic mass is 10.1. The van der Waals surface area contributed by atoms with E-state index in [0.29, 0.717) is 17.9 Å². The van der Waals surface area contributed by atoms with E-state index in [1.165, 1.54) is 44.6 Å². The number of carbonyl (C=O) groups is 1. The molecule has 1 aromatic heterocycles. The largest absolute Gasteiger partial charge is 0.489 e. The number of ether oxygens (including phenoxy) is 3. The molecule has 0 aliphatic rings. The van der Waals surface area contributed by atoms with Crippen LogP contribution in [0.25, 0.3) is 4.72 Å². The molecule has 1 heterocycles. The normalized spacial score (nSPS) is 10.9. The van der Waals surface area contributed by atoms with Crippen LogP contribution in [0.15, 0.2) is 88.2 Å². The van der Waals surface area contributed by atoms with E-state index in [2.05, 4.69) is 35.9 Å². The van der Waals surface area contributed by atoms with Crippen molar-refractivity contribution in [2.24, 2.45) is 0 Å². The van der Waals surface area contributed by atoms with Gasteiger partial charge in [-0.15, -0.1) is 0 Å². The summed E-state index contributed by atoms with van der Waals surface area (Å²) < 4.78 is 45.9. The molecule has 0 saturated heterocycles. The molecular weight excluding hydrogens is 576 g/mol. The molecule has 0 spiro atoms. The Bertz CT molecular complexity index is 1490. The number of benzene rings is 3. The van der Waals surface area contributed by atoms with Crippen LogP contribution >= 0.6 is 15.9 Å². The van der Waals surface area contributed by atoms with Crippen LogP contribution in [-0.2, 0) is 16.6 Å². The van der Waals surface area contributed by atoms with Crippen LogP contribution in [0.1, 0.15) is 15.9 Å². The van der Waals surface area contributed by atoms with Gasteiger partial charge in [-0.2, -0.15) is 4.98 Å². The number of carbonyl (C=O) groups excluding carboxylic acids is 1. The Hall–Kier alpha value is -4.16. The fourth-order valence-electron chi connectivity index (χ4n) is 3.17. The van der Waals surface area contributed by atoms with Gasteiger partial charge in [0.1, 0.15) is 12.4 Å². The lowest BCUT2D eigenvalue weighted by Gasteiger charge is -2.17. The number of anilines is 1. The fraction of sp³-hybridized carbons (Fsp3) is 0.115. The first kappa shape index (κ1) is 26.9. The number of nitrogens with one attached hydrogen (secondary N) is 1. The summed E-state index contributed by atoms with van der Waals surface area (Å²) in [6, 6.07) is 21.3. The monoisotopic (exact) mass is 597 g/mol. The van der Waals surface area contributed by atoms with Crippen molar-refractivity contribution in [3.63, 3.8) is 0 Å². The molecule has 0 unspecified atom stereocenters. The standard InChI is InChI=1S/C26H23BrN4O6S/c1-35-24-15-23(29-26(30-24)36-2)31-38(33,34)22-13-9-20(10-14-22)28-25(32)18-5-3-17(4-6-18)16-37-21-11-7-19(27)8-12-21/h3-15H,16H2,1-2H3,(H2,28,29,30,31,32)/p-1. The van der Waals surface area contributed by atoms with Gasteiger partial charge in [0.05, 0.1) is 19.1 Å². The number of methoxy groups -OCH3 is 2. The second kappa shape index (κ2) is 11.9. The van der Waals surface area contributed by atoms with Gasteiger partial charge in [0.15, 0.2) is 0 Å². The van der Waals surface area contributed by atoms with Gasteiger partial charge in [-0.05, 0) is 72.0 Å². The van der Waals surface area contributed by atoms with Crippen LogP contribution in [0, 0.1) is 0 Å². The Morgan fingerprint density at radius 1 is 0.921 bits per heavy atom. The summed E-state index contributed by atoms with van der Waals surface area (Å²) >= 11 is 3.38. The highest BCUT2D eigenvalue weighted by molar-refractivity contribution is 9.10. The maximum absolute atomic E-state index is 12.7. The van der Waals surface area contributed by atoms with E-state index in [4.69, 9.17) is 14.2 Å². The summed E-state index contributed by atoms with van der Waals surface area (Å²) in [5, 5.41) is 2.75. The summed E-state index contributed by atoms with van der Waals surface area (Å²) in [7, 11) is -1.38. The highest BCUT2D eigenvalue weighted by Crippen LogP contribution is 2.30. The summed E-state index contributed by atoms with van der Waals surface area (Å²) in [4.78, 5) is 20.4. The van der Waals surface area contributed by atoms with Crippen molar-refractivity contribution in [3.8, 4) is 17.6 Å². The molecule has 0 aliphatic carbocycles. The first-order valence-corrected chi connectivity index (χ1v) is 13.3. The number of aromatic nitrogens is 2. The molecule has 196 valence electrons. The molecule has 0 atom stereocenters. The van der Waals surface area contributed by atoms with Gasteiger partial charge in [-0.25, -0.2) is 8.42 Å². The molecule has 4 aromatic rings. The maximum Gasteiger partial charge on any atom is 0.255 e. The lowest BCUT2D eigenvalue weighted by molar-refractivity contribution is 0.102. The van der Waals surface area contributed by atoms with Crippen LogP contribution in [0.4, 0.5) is 11.5 Å². The topological polar surface area (TPSA) is 131 Å². The minimum Gasteiger partial charge on any atom is -0.489 e. The molecule has 0 saturated carbocycles. The van der Waals surface area contributed by atoms with Crippen molar-refractivity contribution in [2.45, 2.75) is 11.5 Å². The summed E-state index contributed by atoms with van der Waals surface area (Å²) in [6.45, 7) is 0.360.